The molecule has 2 unspecified atom stereocenters. The van der Waals surface area contributed by atoms with Crippen molar-refractivity contribution in [3.05, 3.63) is 29.8 Å². The number of carbonyl (C=O) groups excluding carboxylic acids is 1. The van der Waals surface area contributed by atoms with E-state index in [4.69, 9.17) is 0 Å². The maximum absolute atomic E-state index is 11.8. The van der Waals surface area contributed by atoms with Crippen molar-refractivity contribution in [2.75, 3.05) is 18.4 Å². The lowest BCUT2D eigenvalue weighted by Gasteiger charge is -2.30. The topological polar surface area (TPSA) is 53.2 Å². The third-order valence-electron chi connectivity index (χ3n) is 3.72. The number of piperidine rings is 1. The van der Waals surface area contributed by atoms with E-state index < -0.39 is 0 Å². The predicted molar refractivity (Wildman–Crippen MR) is 78.4 cm³/mol. The summed E-state index contributed by atoms with van der Waals surface area (Å²) in [4.78, 5) is 11.8. The molecule has 0 spiro atoms. The standard InChI is InChI=1S/C15H23N3O/c1-11-5-7-13(8-6-11)18-15(19)17-10-14-12(2)4-3-9-16-14/h5-8,12,14,16H,3-4,9-10H2,1-2H3,(H2,17,18,19). The Balaban J connectivity index is 1.76. The van der Waals surface area contributed by atoms with Gasteiger partial charge in [-0.2, -0.15) is 0 Å². The van der Waals surface area contributed by atoms with Crippen LogP contribution in [-0.2, 0) is 0 Å². The first-order valence-corrected chi connectivity index (χ1v) is 7.00. The van der Waals surface area contributed by atoms with Gasteiger partial charge < -0.3 is 16.0 Å². The Morgan fingerprint density at radius 1 is 1.37 bits per heavy atom. The molecule has 1 aliphatic heterocycles. The van der Waals surface area contributed by atoms with E-state index in [0.29, 0.717) is 18.5 Å². The number of benzene rings is 1. The van der Waals surface area contributed by atoms with Crippen LogP contribution in [0.3, 0.4) is 0 Å². The number of hydrogen-bond acceptors (Lipinski definition) is 2. The number of rotatable bonds is 3. The van der Waals surface area contributed by atoms with Crippen molar-refractivity contribution in [1.29, 1.82) is 0 Å². The average Bonchev–Trinajstić information content (AvgIpc) is 2.40. The van der Waals surface area contributed by atoms with Crippen LogP contribution in [0.4, 0.5) is 10.5 Å². The first-order chi connectivity index (χ1) is 9.15. The minimum absolute atomic E-state index is 0.136. The summed E-state index contributed by atoms with van der Waals surface area (Å²) in [6.45, 7) is 5.99. The van der Waals surface area contributed by atoms with Gasteiger partial charge in [-0.25, -0.2) is 4.79 Å². The quantitative estimate of drug-likeness (QED) is 0.783. The number of anilines is 1. The van der Waals surface area contributed by atoms with Crippen molar-refractivity contribution in [2.45, 2.75) is 32.7 Å². The predicted octanol–water partition coefficient (Wildman–Crippen LogP) is 2.50. The Morgan fingerprint density at radius 3 is 2.79 bits per heavy atom. The zero-order valence-corrected chi connectivity index (χ0v) is 11.7. The van der Waals surface area contributed by atoms with Crippen molar-refractivity contribution in [3.63, 3.8) is 0 Å². The molecule has 1 heterocycles. The Hall–Kier alpha value is -1.55. The fourth-order valence-corrected chi connectivity index (χ4v) is 2.40. The highest BCUT2D eigenvalue weighted by Crippen LogP contribution is 2.14. The number of hydrogen-bond donors (Lipinski definition) is 3. The largest absolute Gasteiger partial charge is 0.336 e. The molecule has 1 aromatic carbocycles. The fraction of sp³-hybridized carbons (Fsp3) is 0.533. The second-order valence-electron chi connectivity index (χ2n) is 5.38. The van der Waals surface area contributed by atoms with Crippen LogP contribution < -0.4 is 16.0 Å². The molecule has 0 bridgehead atoms. The second-order valence-corrected chi connectivity index (χ2v) is 5.38. The highest BCUT2D eigenvalue weighted by atomic mass is 16.2. The second kappa shape index (κ2) is 6.57. The molecule has 0 radical (unpaired) electrons. The van der Waals surface area contributed by atoms with Crippen molar-refractivity contribution in [3.8, 4) is 0 Å². The molecule has 104 valence electrons. The summed E-state index contributed by atoms with van der Waals surface area (Å²) in [5.74, 6) is 0.619. The van der Waals surface area contributed by atoms with Gasteiger partial charge in [-0.1, -0.05) is 24.6 Å². The van der Waals surface area contributed by atoms with Gasteiger partial charge in [-0.3, -0.25) is 0 Å². The van der Waals surface area contributed by atoms with E-state index in [9.17, 15) is 4.79 Å². The number of nitrogens with one attached hydrogen (secondary N) is 3. The Kier molecular flexibility index (Phi) is 4.80. The smallest absolute Gasteiger partial charge is 0.319 e. The number of urea groups is 1. The van der Waals surface area contributed by atoms with Gasteiger partial charge in [-0.05, 0) is 44.4 Å². The first kappa shape index (κ1) is 13.9. The SMILES string of the molecule is Cc1ccc(NC(=O)NCC2NCCCC2C)cc1. The van der Waals surface area contributed by atoms with Gasteiger partial charge in [0.05, 0.1) is 0 Å². The van der Waals surface area contributed by atoms with Crippen LogP contribution in [0.15, 0.2) is 24.3 Å². The maximum atomic E-state index is 11.8. The molecule has 2 atom stereocenters. The summed E-state index contributed by atoms with van der Waals surface area (Å²) >= 11 is 0. The van der Waals surface area contributed by atoms with Crippen LogP contribution in [0.25, 0.3) is 0 Å². The van der Waals surface area contributed by atoms with Gasteiger partial charge in [0.15, 0.2) is 0 Å². The lowest BCUT2D eigenvalue weighted by molar-refractivity contribution is 0.244. The number of aryl methyl sites for hydroxylation is 1. The van der Waals surface area contributed by atoms with Gasteiger partial charge >= 0.3 is 6.03 Å². The summed E-state index contributed by atoms with van der Waals surface area (Å²) in [5.41, 5.74) is 2.01. The zero-order chi connectivity index (χ0) is 13.7. The minimum atomic E-state index is -0.136. The van der Waals surface area contributed by atoms with E-state index >= 15 is 0 Å². The molecule has 0 aliphatic carbocycles. The monoisotopic (exact) mass is 261 g/mol. The molecule has 1 aliphatic rings. The summed E-state index contributed by atoms with van der Waals surface area (Å²) in [6, 6.07) is 8.05. The highest BCUT2D eigenvalue weighted by Gasteiger charge is 2.20. The van der Waals surface area contributed by atoms with Crippen LogP contribution in [-0.4, -0.2) is 25.2 Å². The fourth-order valence-electron chi connectivity index (χ4n) is 2.40. The van der Waals surface area contributed by atoms with E-state index in [1.54, 1.807) is 0 Å². The third-order valence-corrected chi connectivity index (χ3v) is 3.72. The molecule has 0 saturated carbocycles. The molecular formula is C15H23N3O. The van der Waals surface area contributed by atoms with Gasteiger partial charge in [0.25, 0.3) is 0 Å². The van der Waals surface area contributed by atoms with Crippen molar-refractivity contribution in [2.24, 2.45) is 5.92 Å². The molecule has 2 amide bonds. The van der Waals surface area contributed by atoms with Gasteiger partial charge in [0, 0.05) is 18.3 Å². The average molecular weight is 261 g/mol. The summed E-state index contributed by atoms with van der Waals surface area (Å²) < 4.78 is 0. The van der Waals surface area contributed by atoms with Crippen molar-refractivity contribution >= 4 is 11.7 Å². The molecule has 1 aromatic rings. The van der Waals surface area contributed by atoms with Crippen molar-refractivity contribution < 1.29 is 4.79 Å². The summed E-state index contributed by atoms with van der Waals surface area (Å²) in [5, 5.41) is 9.23. The highest BCUT2D eigenvalue weighted by molar-refractivity contribution is 5.89. The molecule has 2 rings (SSSR count). The molecular weight excluding hydrogens is 238 g/mol. The van der Waals surface area contributed by atoms with Crippen LogP contribution in [0, 0.1) is 12.8 Å². The molecule has 1 fully saturated rings. The van der Waals surface area contributed by atoms with Crippen LogP contribution in [0.2, 0.25) is 0 Å². The molecule has 3 N–H and O–H groups in total. The lowest BCUT2D eigenvalue weighted by Crippen LogP contribution is -2.48. The summed E-state index contributed by atoms with van der Waals surface area (Å²) in [6.07, 6.45) is 2.46. The number of amides is 2. The van der Waals surface area contributed by atoms with Crippen LogP contribution >= 0.6 is 0 Å². The minimum Gasteiger partial charge on any atom is -0.336 e. The first-order valence-electron chi connectivity index (χ1n) is 7.00. The molecule has 1 saturated heterocycles. The molecule has 0 aromatic heterocycles. The maximum Gasteiger partial charge on any atom is 0.319 e. The van der Waals surface area contributed by atoms with Gasteiger partial charge in [0.2, 0.25) is 0 Å². The van der Waals surface area contributed by atoms with Crippen molar-refractivity contribution in [1.82, 2.24) is 10.6 Å². The van der Waals surface area contributed by atoms with Crippen LogP contribution in [0.1, 0.15) is 25.3 Å². The molecule has 19 heavy (non-hydrogen) atoms. The van der Waals surface area contributed by atoms with Gasteiger partial charge in [-0.15, -0.1) is 0 Å². The molecule has 4 heteroatoms. The van der Waals surface area contributed by atoms with E-state index in [-0.39, 0.29) is 6.03 Å². The van der Waals surface area contributed by atoms with Gasteiger partial charge in [0.1, 0.15) is 0 Å². The Morgan fingerprint density at radius 2 is 2.11 bits per heavy atom. The lowest BCUT2D eigenvalue weighted by atomic mass is 9.93. The normalized spacial score (nSPS) is 22.8. The van der Waals surface area contributed by atoms with Crippen LogP contribution in [0.5, 0.6) is 0 Å². The van der Waals surface area contributed by atoms with E-state index in [1.165, 1.54) is 18.4 Å². The van der Waals surface area contributed by atoms with E-state index in [2.05, 4.69) is 22.9 Å². The third kappa shape index (κ3) is 4.24. The Bertz CT molecular complexity index is 416. The number of carbonyl (C=O) groups is 1. The van der Waals surface area contributed by atoms with E-state index in [0.717, 1.165) is 12.2 Å². The molecule has 4 nitrogen and oxygen atoms in total. The zero-order valence-electron chi connectivity index (χ0n) is 11.7. The van der Waals surface area contributed by atoms with E-state index in [1.807, 2.05) is 31.2 Å². The summed E-state index contributed by atoms with van der Waals surface area (Å²) in [7, 11) is 0. The Labute approximate surface area is 115 Å².